The summed E-state index contributed by atoms with van der Waals surface area (Å²) < 4.78 is 6.09. The molecule has 1 aromatic rings. The summed E-state index contributed by atoms with van der Waals surface area (Å²) >= 11 is 1.99. The summed E-state index contributed by atoms with van der Waals surface area (Å²) in [6.07, 6.45) is 3.83. The first-order valence-electron chi connectivity index (χ1n) is 8.03. The second kappa shape index (κ2) is 5.49. The number of anilines is 1. The third-order valence-electron chi connectivity index (χ3n) is 5.24. The van der Waals surface area contributed by atoms with Crippen LogP contribution in [0.5, 0.6) is 0 Å². The molecule has 2 saturated heterocycles. The molecular formula is C17H23NO2S. The number of thioether (sulfide) groups is 1. The van der Waals surface area contributed by atoms with Gasteiger partial charge in [0.2, 0.25) is 0 Å². The molecule has 3 heterocycles. The van der Waals surface area contributed by atoms with Crippen molar-refractivity contribution in [2.24, 2.45) is 5.92 Å². The van der Waals surface area contributed by atoms with Crippen LogP contribution in [0.15, 0.2) is 18.2 Å². The third kappa shape index (κ3) is 2.47. The molecule has 1 aromatic carbocycles. The number of rotatable bonds is 2. The SMILES string of the molecule is OC(c1cccc2c1NCC2)C1CCOC2(CCSC2)C1. The minimum absolute atomic E-state index is 0.0416. The molecular weight excluding hydrogens is 282 g/mol. The summed E-state index contributed by atoms with van der Waals surface area (Å²) in [7, 11) is 0. The van der Waals surface area contributed by atoms with Crippen molar-refractivity contribution in [3.63, 3.8) is 0 Å². The van der Waals surface area contributed by atoms with Crippen molar-refractivity contribution < 1.29 is 9.84 Å². The van der Waals surface area contributed by atoms with Gasteiger partial charge in [-0.25, -0.2) is 0 Å². The first kappa shape index (κ1) is 13.9. The van der Waals surface area contributed by atoms with Gasteiger partial charge in [-0.15, -0.1) is 0 Å². The normalized spacial score (nSPS) is 32.9. The Morgan fingerprint density at radius 2 is 2.38 bits per heavy atom. The maximum atomic E-state index is 11.0. The highest BCUT2D eigenvalue weighted by molar-refractivity contribution is 7.99. The molecule has 3 nitrogen and oxygen atoms in total. The number of para-hydroxylation sites is 1. The topological polar surface area (TPSA) is 41.5 Å². The van der Waals surface area contributed by atoms with Gasteiger partial charge in [-0.3, -0.25) is 0 Å². The molecule has 0 radical (unpaired) electrons. The van der Waals surface area contributed by atoms with Crippen molar-refractivity contribution in [3.8, 4) is 0 Å². The predicted molar refractivity (Wildman–Crippen MR) is 86.9 cm³/mol. The van der Waals surface area contributed by atoms with Gasteiger partial charge in [-0.1, -0.05) is 18.2 Å². The molecule has 3 atom stereocenters. The maximum absolute atomic E-state index is 11.0. The van der Waals surface area contributed by atoms with Gasteiger partial charge in [0.25, 0.3) is 0 Å². The quantitative estimate of drug-likeness (QED) is 0.881. The highest BCUT2D eigenvalue weighted by Gasteiger charge is 2.42. The summed E-state index contributed by atoms with van der Waals surface area (Å²) in [4.78, 5) is 0. The Bertz CT molecular complexity index is 528. The Morgan fingerprint density at radius 1 is 1.43 bits per heavy atom. The van der Waals surface area contributed by atoms with Crippen LogP contribution < -0.4 is 5.32 Å². The lowest BCUT2D eigenvalue weighted by Crippen LogP contribution is -2.41. The fraction of sp³-hybridized carbons (Fsp3) is 0.647. The Balaban J connectivity index is 1.57. The molecule has 1 spiro atoms. The van der Waals surface area contributed by atoms with Crippen LogP contribution in [0.2, 0.25) is 0 Å². The van der Waals surface area contributed by atoms with E-state index in [1.165, 1.54) is 17.0 Å². The molecule has 114 valence electrons. The monoisotopic (exact) mass is 305 g/mol. The minimum Gasteiger partial charge on any atom is -0.388 e. The predicted octanol–water partition coefficient (Wildman–Crippen LogP) is 2.99. The number of hydrogen-bond acceptors (Lipinski definition) is 4. The van der Waals surface area contributed by atoms with Gasteiger partial charge >= 0.3 is 0 Å². The molecule has 3 unspecified atom stereocenters. The average molecular weight is 305 g/mol. The second-order valence-corrected chi connectivity index (χ2v) is 7.70. The Labute approximate surface area is 130 Å². The average Bonchev–Trinajstić information content (AvgIpc) is 3.15. The fourth-order valence-corrected chi connectivity index (χ4v) is 5.44. The maximum Gasteiger partial charge on any atom is 0.0840 e. The Kier molecular flexibility index (Phi) is 3.64. The van der Waals surface area contributed by atoms with E-state index in [2.05, 4.69) is 23.5 Å². The summed E-state index contributed by atoms with van der Waals surface area (Å²) in [5.74, 6) is 2.62. The molecule has 3 aliphatic heterocycles. The van der Waals surface area contributed by atoms with Gasteiger partial charge in [0, 0.05) is 30.2 Å². The number of fused-ring (bicyclic) bond motifs is 1. The first-order valence-corrected chi connectivity index (χ1v) is 9.18. The van der Waals surface area contributed by atoms with Gasteiger partial charge < -0.3 is 15.2 Å². The Hall–Kier alpha value is -0.710. The van der Waals surface area contributed by atoms with Crippen LogP contribution in [0.1, 0.15) is 36.5 Å². The molecule has 4 rings (SSSR count). The van der Waals surface area contributed by atoms with E-state index in [1.807, 2.05) is 11.8 Å². The zero-order valence-electron chi connectivity index (χ0n) is 12.3. The molecule has 0 aliphatic carbocycles. The van der Waals surface area contributed by atoms with E-state index in [0.717, 1.165) is 50.2 Å². The number of hydrogen-bond donors (Lipinski definition) is 2. The highest BCUT2D eigenvalue weighted by atomic mass is 32.2. The van der Waals surface area contributed by atoms with Crippen LogP contribution >= 0.6 is 11.8 Å². The third-order valence-corrected chi connectivity index (χ3v) is 6.47. The molecule has 2 fully saturated rings. The van der Waals surface area contributed by atoms with E-state index in [0.29, 0.717) is 5.92 Å². The zero-order valence-corrected chi connectivity index (χ0v) is 13.1. The van der Waals surface area contributed by atoms with E-state index in [1.54, 1.807) is 0 Å². The van der Waals surface area contributed by atoms with Gasteiger partial charge in [-0.2, -0.15) is 11.8 Å². The standard InChI is InChI=1S/C17H23NO2S/c19-16(14-3-1-2-12-4-7-18-15(12)14)13-5-8-20-17(10-13)6-9-21-11-17/h1-3,13,16,18-19H,4-11H2. The number of benzene rings is 1. The van der Waals surface area contributed by atoms with Crippen molar-refractivity contribution in [2.45, 2.75) is 37.4 Å². The molecule has 3 aliphatic rings. The first-order chi connectivity index (χ1) is 10.3. The Morgan fingerprint density at radius 3 is 3.24 bits per heavy atom. The van der Waals surface area contributed by atoms with E-state index in [4.69, 9.17) is 4.74 Å². The summed E-state index contributed by atoms with van der Waals surface area (Å²) in [5, 5.41) is 14.4. The highest BCUT2D eigenvalue weighted by Crippen LogP contribution is 2.45. The van der Waals surface area contributed by atoms with Gasteiger partial charge in [0.1, 0.15) is 0 Å². The molecule has 21 heavy (non-hydrogen) atoms. The summed E-state index contributed by atoms with van der Waals surface area (Å²) in [6, 6.07) is 6.35. The van der Waals surface area contributed by atoms with Crippen molar-refractivity contribution in [2.75, 3.05) is 30.0 Å². The van der Waals surface area contributed by atoms with Crippen LogP contribution in [-0.2, 0) is 11.2 Å². The fourth-order valence-electron chi connectivity index (χ4n) is 4.06. The lowest BCUT2D eigenvalue weighted by Gasteiger charge is -2.39. The van der Waals surface area contributed by atoms with E-state index in [9.17, 15) is 5.11 Å². The molecule has 4 heteroatoms. The van der Waals surface area contributed by atoms with Crippen LogP contribution in [0, 0.1) is 5.92 Å². The van der Waals surface area contributed by atoms with E-state index < -0.39 is 0 Å². The van der Waals surface area contributed by atoms with Crippen molar-refractivity contribution in [1.82, 2.24) is 0 Å². The van der Waals surface area contributed by atoms with Crippen LogP contribution in [0.3, 0.4) is 0 Å². The molecule has 0 aromatic heterocycles. The lowest BCUT2D eigenvalue weighted by atomic mass is 9.80. The van der Waals surface area contributed by atoms with Crippen LogP contribution in [0.4, 0.5) is 5.69 Å². The van der Waals surface area contributed by atoms with E-state index >= 15 is 0 Å². The van der Waals surface area contributed by atoms with E-state index in [-0.39, 0.29) is 11.7 Å². The van der Waals surface area contributed by atoms with Crippen molar-refractivity contribution in [1.29, 1.82) is 0 Å². The largest absolute Gasteiger partial charge is 0.388 e. The summed E-state index contributed by atoms with van der Waals surface area (Å²) in [5.41, 5.74) is 3.67. The van der Waals surface area contributed by atoms with Crippen molar-refractivity contribution >= 4 is 17.4 Å². The van der Waals surface area contributed by atoms with Gasteiger partial charge in [0.05, 0.1) is 11.7 Å². The minimum atomic E-state index is -0.364. The van der Waals surface area contributed by atoms with Gasteiger partial charge in [-0.05, 0) is 42.9 Å². The number of ether oxygens (including phenoxy) is 1. The zero-order chi connectivity index (χ0) is 14.3. The van der Waals surface area contributed by atoms with Crippen LogP contribution in [0.25, 0.3) is 0 Å². The molecule has 0 amide bonds. The molecule has 0 saturated carbocycles. The summed E-state index contributed by atoms with van der Waals surface area (Å²) in [6.45, 7) is 1.79. The van der Waals surface area contributed by atoms with Gasteiger partial charge in [0.15, 0.2) is 0 Å². The number of aliphatic hydroxyl groups is 1. The molecule has 2 N–H and O–H groups in total. The number of nitrogens with one attached hydrogen (secondary N) is 1. The molecule has 0 bridgehead atoms. The smallest absolute Gasteiger partial charge is 0.0840 e. The van der Waals surface area contributed by atoms with Crippen LogP contribution in [-0.4, -0.2) is 35.4 Å². The van der Waals surface area contributed by atoms with Crippen molar-refractivity contribution in [3.05, 3.63) is 29.3 Å². The second-order valence-electron chi connectivity index (χ2n) is 6.59. The number of aliphatic hydroxyl groups excluding tert-OH is 1. The lowest BCUT2D eigenvalue weighted by molar-refractivity contribution is -0.102.